The quantitative estimate of drug-likeness (QED) is 0.551. The maximum Gasteiger partial charge on any atom is 0.245 e. The smallest absolute Gasteiger partial charge is 0.207 e. The Morgan fingerprint density at radius 2 is 1.23 bits per heavy atom. The van der Waals surface area contributed by atoms with Gasteiger partial charge in [-0.25, -0.2) is 8.42 Å². The standard InChI is InChI=1S/C20H17Cl2NO2S/c21-18-11-12-20(19(22)13-18)26(24,25)23(14-16-7-3-1-4-8-16)15-17-9-5-2-6-10-17/h1-13H,14-15H2. The van der Waals surface area contributed by atoms with Crippen molar-refractivity contribution in [1.29, 1.82) is 0 Å². The lowest BCUT2D eigenvalue weighted by molar-refractivity contribution is 0.401. The van der Waals surface area contributed by atoms with Gasteiger partial charge in [0.2, 0.25) is 10.0 Å². The first-order valence-electron chi connectivity index (χ1n) is 8.00. The van der Waals surface area contributed by atoms with E-state index in [-0.39, 0.29) is 23.0 Å². The zero-order valence-electron chi connectivity index (χ0n) is 13.8. The predicted molar refractivity (Wildman–Crippen MR) is 106 cm³/mol. The van der Waals surface area contributed by atoms with Gasteiger partial charge in [-0.05, 0) is 29.3 Å². The highest BCUT2D eigenvalue weighted by atomic mass is 35.5. The molecule has 3 rings (SSSR count). The van der Waals surface area contributed by atoms with Gasteiger partial charge in [0.15, 0.2) is 0 Å². The second-order valence-corrected chi connectivity index (χ2v) is 8.57. The van der Waals surface area contributed by atoms with Crippen LogP contribution in [0, 0.1) is 0 Å². The molecule has 0 aliphatic rings. The Bertz CT molecular complexity index is 936. The Balaban J connectivity index is 2.00. The monoisotopic (exact) mass is 405 g/mol. The van der Waals surface area contributed by atoms with Crippen LogP contribution in [0.3, 0.4) is 0 Å². The maximum atomic E-state index is 13.3. The Kier molecular flexibility index (Phi) is 5.99. The zero-order chi connectivity index (χ0) is 18.6. The Labute approximate surface area is 163 Å². The van der Waals surface area contributed by atoms with E-state index in [0.717, 1.165) is 11.1 Å². The molecule has 0 atom stereocenters. The second kappa shape index (κ2) is 8.23. The van der Waals surface area contributed by atoms with E-state index >= 15 is 0 Å². The lowest BCUT2D eigenvalue weighted by Crippen LogP contribution is -2.30. The molecule has 134 valence electrons. The molecule has 3 aromatic carbocycles. The number of nitrogens with zero attached hydrogens (tertiary/aromatic N) is 1. The van der Waals surface area contributed by atoms with Crippen molar-refractivity contribution in [1.82, 2.24) is 4.31 Å². The number of sulfonamides is 1. The van der Waals surface area contributed by atoms with E-state index in [1.54, 1.807) is 0 Å². The molecule has 0 amide bonds. The summed E-state index contributed by atoms with van der Waals surface area (Å²) < 4.78 is 28.0. The summed E-state index contributed by atoms with van der Waals surface area (Å²) in [5.74, 6) is 0. The summed E-state index contributed by atoms with van der Waals surface area (Å²) in [6.45, 7) is 0.494. The fourth-order valence-corrected chi connectivity index (χ4v) is 4.79. The molecule has 0 aliphatic carbocycles. The molecule has 3 nitrogen and oxygen atoms in total. The highest BCUT2D eigenvalue weighted by Gasteiger charge is 2.27. The summed E-state index contributed by atoms with van der Waals surface area (Å²) in [4.78, 5) is 0.0513. The molecule has 0 bridgehead atoms. The summed E-state index contributed by atoms with van der Waals surface area (Å²) in [5, 5.41) is 0.509. The Hall–Kier alpha value is -1.85. The van der Waals surface area contributed by atoms with E-state index in [4.69, 9.17) is 23.2 Å². The van der Waals surface area contributed by atoms with E-state index in [9.17, 15) is 8.42 Å². The van der Waals surface area contributed by atoms with Crippen molar-refractivity contribution in [2.24, 2.45) is 0 Å². The zero-order valence-corrected chi connectivity index (χ0v) is 16.2. The molecule has 26 heavy (non-hydrogen) atoms. The summed E-state index contributed by atoms with van der Waals surface area (Å²) in [7, 11) is -3.80. The molecule has 0 unspecified atom stereocenters. The summed E-state index contributed by atoms with van der Waals surface area (Å²) >= 11 is 12.1. The number of hydrogen-bond donors (Lipinski definition) is 0. The van der Waals surface area contributed by atoms with Crippen LogP contribution < -0.4 is 0 Å². The van der Waals surface area contributed by atoms with E-state index < -0.39 is 10.0 Å². The summed E-state index contributed by atoms with van der Waals surface area (Å²) in [6.07, 6.45) is 0. The van der Waals surface area contributed by atoms with Crippen molar-refractivity contribution in [2.75, 3.05) is 0 Å². The molecule has 0 saturated carbocycles. The van der Waals surface area contributed by atoms with Crippen LogP contribution in [0.25, 0.3) is 0 Å². The van der Waals surface area contributed by atoms with Gasteiger partial charge in [-0.3, -0.25) is 0 Å². The van der Waals surface area contributed by atoms with Crippen molar-refractivity contribution in [2.45, 2.75) is 18.0 Å². The SMILES string of the molecule is O=S(=O)(c1ccc(Cl)cc1Cl)N(Cc1ccccc1)Cc1ccccc1. The van der Waals surface area contributed by atoms with Crippen LogP contribution in [0.4, 0.5) is 0 Å². The van der Waals surface area contributed by atoms with E-state index in [2.05, 4.69) is 0 Å². The molecule has 0 N–H and O–H groups in total. The van der Waals surface area contributed by atoms with Gasteiger partial charge >= 0.3 is 0 Å². The lowest BCUT2D eigenvalue weighted by Gasteiger charge is -2.23. The van der Waals surface area contributed by atoms with Gasteiger partial charge in [0.25, 0.3) is 0 Å². The van der Waals surface area contributed by atoms with E-state index in [1.165, 1.54) is 22.5 Å². The molecule has 0 heterocycles. The van der Waals surface area contributed by atoms with Gasteiger partial charge in [0.1, 0.15) is 4.90 Å². The predicted octanol–water partition coefficient (Wildman–Crippen LogP) is 5.38. The highest BCUT2D eigenvalue weighted by molar-refractivity contribution is 7.89. The van der Waals surface area contributed by atoms with Crippen molar-refractivity contribution in [3.05, 3.63) is 100 Å². The highest BCUT2D eigenvalue weighted by Crippen LogP contribution is 2.29. The van der Waals surface area contributed by atoms with Gasteiger partial charge in [-0.2, -0.15) is 4.31 Å². The third kappa shape index (κ3) is 4.46. The first-order chi connectivity index (χ1) is 12.5. The van der Waals surface area contributed by atoms with Crippen LogP contribution >= 0.6 is 23.2 Å². The molecule has 0 spiro atoms. The molecule has 0 radical (unpaired) electrons. The molecule has 0 saturated heterocycles. The first-order valence-corrected chi connectivity index (χ1v) is 10.2. The van der Waals surface area contributed by atoms with Gasteiger partial charge in [0, 0.05) is 18.1 Å². The van der Waals surface area contributed by atoms with Gasteiger partial charge in [0.05, 0.1) is 5.02 Å². The minimum absolute atomic E-state index is 0.0513. The van der Waals surface area contributed by atoms with Crippen molar-refractivity contribution >= 4 is 33.2 Å². The van der Waals surface area contributed by atoms with Crippen molar-refractivity contribution in [3.8, 4) is 0 Å². The van der Waals surface area contributed by atoms with Crippen molar-refractivity contribution < 1.29 is 8.42 Å². The van der Waals surface area contributed by atoms with E-state index in [0.29, 0.717) is 5.02 Å². The second-order valence-electron chi connectivity index (χ2n) is 5.82. The number of rotatable bonds is 6. The normalized spacial score (nSPS) is 11.7. The number of benzene rings is 3. The van der Waals surface area contributed by atoms with Crippen molar-refractivity contribution in [3.63, 3.8) is 0 Å². The van der Waals surface area contributed by atoms with Crippen LogP contribution in [0.5, 0.6) is 0 Å². The molecule has 0 aliphatic heterocycles. The minimum Gasteiger partial charge on any atom is -0.207 e. The summed E-state index contributed by atoms with van der Waals surface area (Å²) in [5.41, 5.74) is 1.80. The van der Waals surface area contributed by atoms with Gasteiger partial charge in [-0.1, -0.05) is 83.9 Å². The maximum absolute atomic E-state index is 13.3. The van der Waals surface area contributed by atoms with Crippen LogP contribution in [-0.2, 0) is 23.1 Å². The van der Waals surface area contributed by atoms with Gasteiger partial charge < -0.3 is 0 Å². The minimum atomic E-state index is -3.80. The molecule has 6 heteroatoms. The van der Waals surface area contributed by atoms with Crippen LogP contribution in [0.2, 0.25) is 10.0 Å². The average molecular weight is 406 g/mol. The van der Waals surface area contributed by atoms with E-state index in [1.807, 2.05) is 60.7 Å². The van der Waals surface area contributed by atoms with Crippen LogP contribution in [-0.4, -0.2) is 12.7 Å². The topological polar surface area (TPSA) is 37.4 Å². The molecular weight excluding hydrogens is 389 g/mol. The van der Waals surface area contributed by atoms with Crippen LogP contribution in [0.15, 0.2) is 83.8 Å². The first kappa shape index (κ1) is 18.9. The molecule has 3 aromatic rings. The fraction of sp³-hybridized carbons (Fsp3) is 0.100. The largest absolute Gasteiger partial charge is 0.245 e. The number of hydrogen-bond acceptors (Lipinski definition) is 2. The Morgan fingerprint density at radius 3 is 1.69 bits per heavy atom. The average Bonchev–Trinajstić information content (AvgIpc) is 2.62. The molecular formula is C20H17Cl2NO2S. The lowest BCUT2D eigenvalue weighted by atomic mass is 10.2. The third-order valence-corrected chi connectivity index (χ3v) is 6.42. The molecule has 0 aromatic heterocycles. The third-order valence-electron chi connectivity index (χ3n) is 3.92. The Morgan fingerprint density at radius 1 is 0.731 bits per heavy atom. The molecule has 0 fully saturated rings. The van der Waals surface area contributed by atoms with Crippen LogP contribution in [0.1, 0.15) is 11.1 Å². The summed E-state index contributed by atoms with van der Waals surface area (Å²) in [6, 6.07) is 23.4. The number of halogens is 2. The fourth-order valence-electron chi connectivity index (χ4n) is 2.62. The van der Waals surface area contributed by atoms with Gasteiger partial charge in [-0.15, -0.1) is 0 Å².